The van der Waals surface area contributed by atoms with E-state index in [0.29, 0.717) is 4.47 Å². The Bertz CT molecular complexity index is 660. The minimum absolute atomic E-state index is 0.337. The smallest absolute Gasteiger partial charge is 0.418 e. The molecule has 10 heteroatoms. The molecule has 1 atom stereocenters. The number of carboxylic acids is 1. The van der Waals surface area contributed by atoms with Gasteiger partial charge in [-0.05, 0) is 38.5 Å². The topological polar surface area (TPSA) is 84.9 Å². The number of carboxylic acid groups (broad SMARTS) is 1. The Morgan fingerprint density at radius 3 is 2.31 bits per heavy atom. The normalized spacial score (nSPS) is 14.4. The number of carbonyl (C=O) groups is 2. The van der Waals surface area contributed by atoms with Crippen LogP contribution >= 0.6 is 15.9 Å². The van der Waals surface area contributed by atoms with Crippen LogP contribution in [0.5, 0.6) is 0 Å². The van der Waals surface area contributed by atoms with Gasteiger partial charge in [-0.2, -0.15) is 13.2 Å². The summed E-state index contributed by atoms with van der Waals surface area (Å²) in [5.74, 6) is -1.44. The molecule has 0 saturated carbocycles. The second-order valence-corrected chi connectivity index (χ2v) is 7.34. The van der Waals surface area contributed by atoms with E-state index >= 15 is 0 Å². The molecule has 0 bridgehead atoms. The van der Waals surface area contributed by atoms with Gasteiger partial charge >= 0.3 is 18.2 Å². The highest BCUT2D eigenvalue weighted by Crippen LogP contribution is 2.40. The fourth-order valence-corrected chi connectivity index (χ4v) is 2.43. The third kappa shape index (κ3) is 6.17. The van der Waals surface area contributed by atoms with Crippen LogP contribution in [0.1, 0.15) is 26.3 Å². The van der Waals surface area contributed by atoms with Gasteiger partial charge < -0.3 is 19.9 Å². The molecule has 0 spiro atoms. The van der Waals surface area contributed by atoms with Gasteiger partial charge in [0, 0.05) is 4.47 Å². The second-order valence-electron chi connectivity index (χ2n) is 6.43. The number of alkyl carbamates (subject to hydrolysis) is 1. The predicted molar refractivity (Wildman–Crippen MR) is 89.7 cm³/mol. The lowest BCUT2D eigenvalue weighted by atomic mass is 9.90. The molecule has 0 saturated heterocycles. The minimum atomic E-state index is -5.00. The monoisotopic (exact) mass is 441 g/mol. The molecule has 2 N–H and O–H groups in total. The van der Waals surface area contributed by atoms with E-state index in [1.807, 2.05) is 5.32 Å². The molecule has 1 amide bonds. The van der Waals surface area contributed by atoms with Gasteiger partial charge in [-0.1, -0.05) is 28.1 Å². The first kappa shape index (κ1) is 22.2. The van der Waals surface area contributed by atoms with Crippen molar-refractivity contribution in [1.82, 2.24) is 5.32 Å². The summed E-state index contributed by atoms with van der Waals surface area (Å²) in [5, 5.41) is 10.5. The van der Waals surface area contributed by atoms with Crippen LogP contribution in [0, 0.1) is 0 Å². The molecule has 6 nitrogen and oxygen atoms in total. The molecule has 0 aliphatic carbocycles. The number of nitrogens with one attached hydrogen (secondary N) is 1. The van der Waals surface area contributed by atoms with E-state index < -0.39 is 42.6 Å². The maximum absolute atomic E-state index is 14.0. The number of carbonyl (C=O) groups excluding carboxylic acids is 1. The Balaban J connectivity index is 3.34. The molecule has 0 heterocycles. The highest BCUT2D eigenvalue weighted by atomic mass is 79.9. The molecular formula is C16H19BrF3NO5. The molecule has 1 aromatic rings. The van der Waals surface area contributed by atoms with Crippen molar-refractivity contribution in [2.75, 3.05) is 13.2 Å². The van der Waals surface area contributed by atoms with Crippen LogP contribution in [0.15, 0.2) is 28.7 Å². The number of ether oxygens (including phenoxy) is 2. The molecule has 0 fully saturated rings. The highest BCUT2D eigenvalue weighted by Gasteiger charge is 2.58. The summed E-state index contributed by atoms with van der Waals surface area (Å²) in [6.45, 7) is 2.41. The second kappa shape index (κ2) is 8.26. The van der Waals surface area contributed by atoms with E-state index in [1.165, 1.54) is 32.9 Å². The van der Waals surface area contributed by atoms with E-state index in [0.717, 1.165) is 12.1 Å². The zero-order chi connectivity index (χ0) is 20.2. The van der Waals surface area contributed by atoms with Gasteiger partial charge in [-0.25, -0.2) is 9.59 Å². The van der Waals surface area contributed by atoms with Crippen LogP contribution in [-0.2, 0) is 19.8 Å². The third-order valence-electron chi connectivity index (χ3n) is 3.06. The average molecular weight is 442 g/mol. The largest absolute Gasteiger partial charge is 0.480 e. The molecule has 0 aliphatic heterocycles. The van der Waals surface area contributed by atoms with Crippen LogP contribution < -0.4 is 5.32 Å². The Hall–Kier alpha value is -1.81. The van der Waals surface area contributed by atoms with Crippen molar-refractivity contribution in [3.63, 3.8) is 0 Å². The molecule has 26 heavy (non-hydrogen) atoms. The van der Waals surface area contributed by atoms with Crippen LogP contribution in [0.4, 0.5) is 18.0 Å². The van der Waals surface area contributed by atoms with E-state index in [1.54, 1.807) is 0 Å². The Morgan fingerprint density at radius 1 is 1.23 bits per heavy atom. The fraction of sp³-hybridized carbons (Fsp3) is 0.500. The summed E-state index contributed by atoms with van der Waals surface area (Å²) in [4.78, 5) is 22.7. The van der Waals surface area contributed by atoms with Crippen LogP contribution in [0.25, 0.3) is 0 Å². The first-order valence-electron chi connectivity index (χ1n) is 7.40. The third-order valence-corrected chi connectivity index (χ3v) is 3.55. The number of hydrogen-bond donors (Lipinski definition) is 2. The fourth-order valence-electron chi connectivity index (χ4n) is 2.03. The van der Waals surface area contributed by atoms with E-state index in [2.05, 4.69) is 15.9 Å². The molecular weight excluding hydrogens is 423 g/mol. The van der Waals surface area contributed by atoms with Gasteiger partial charge in [-0.3, -0.25) is 0 Å². The lowest BCUT2D eigenvalue weighted by Gasteiger charge is -2.37. The number of amides is 1. The van der Waals surface area contributed by atoms with Gasteiger partial charge in [0.15, 0.2) is 5.54 Å². The van der Waals surface area contributed by atoms with Crippen LogP contribution in [0.3, 0.4) is 0 Å². The summed E-state index contributed by atoms with van der Waals surface area (Å²) >= 11 is 3.08. The highest BCUT2D eigenvalue weighted by molar-refractivity contribution is 9.10. The SMILES string of the molecule is CC(C)(C)OC(=O)NC(COCC(=O)O)(c1cccc(Br)c1)C(F)(F)F. The molecule has 146 valence electrons. The number of aliphatic carboxylic acids is 1. The van der Waals surface area contributed by atoms with Crippen molar-refractivity contribution >= 4 is 28.0 Å². The summed E-state index contributed by atoms with van der Waals surface area (Å²) in [5.41, 5.74) is -4.36. The Kier molecular flexibility index (Phi) is 7.06. The van der Waals surface area contributed by atoms with Crippen molar-refractivity contribution in [2.24, 2.45) is 0 Å². The number of rotatable bonds is 6. The molecule has 1 aromatic carbocycles. The summed E-state index contributed by atoms with van der Waals surface area (Å²) in [6.07, 6.45) is -6.31. The summed E-state index contributed by atoms with van der Waals surface area (Å²) in [7, 11) is 0. The molecule has 0 aromatic heterocycles. The van der Waals surface area contributed by atoms with Crippen LogP contribution in [-0.4, -0.2) is 42.2 Å². The molecule has 1 rings (SSSR count). The van der Waals surface area contributed by atoms with Crippen molar-refractivity contribution < 1.29 is 37.3 Å². The van der Waals surface area contributed by atoms with Gasteiger partial charge in [0.2, 0.25) is 0 Å². The van der Waals surface area contributed by atoms with Crippen molar-refractivity contribution in [1.29, 1.82) is 0 Å². The lowest BCUT2D eigenvalue weighted by molar-refractivity contribution is -0.215. The number of halogens is 4. The van der Waals surface area contributed by atoms with E-state index in [9.17, 15) is 22.8 Å². The Morgan fingerprint density at radius 2 is 1.85 bits per heavy atom. The maximum Gasteiger partial charge on any atom is 0.418 e. The standard InChI is InChI=1S/C16H19BrF3NO5/c1-14(2,3)26-13(24)21-15(16(18,19)20,9-25-8-12(22)23)10-5-4-6-11(17)7-10/h4-7H,8-9H2,1-3H3,(H,21,24)(H,22,23). The van der Waals surface area contributed by atoms with Crippen LogP contribution in [0.2, 0.25) is 0 Å². The average Bonchev–Trinajstić information content (AvgIpc) is 2.42. The first-order valence-corrected chi connectivity index (χ1v) is 8.19. The first-order chi connectivity index (χ1) is 11.8. The quantitative estimate of drug-likeness (QED) is 0.700. The van der Waals surface area contributed by atoms with Gasteiger partial charge in [0.1, 0.15) is 12.2 Å². The molecule has 0 aliphatic rings. The van der Waals surface area contributed by atoms with Gasteiger partial charge in [0.05, 0.1) is 6.61 Å². The zero-order valence-electron chi connectivity index (χ0n) is 14.3. The number of benzene rings is 1. The lowest BCUT2D eigenvalue weighted by Crippen LogP contribution is -2.59. The van der Waals surface area contributed by atoms with Crippen molar-refractivity contribution in [3.8, 4) is 0 Å². The molecule has 0 radical (unpaired) electrons. The van der Waals surface area contributed by atoms with Crippen molar-refractivity contribution in [2.45, 2.75) is 38.1 Å². The van der Waals surface area contributed by atoms with Gasteiger partial charge in [0.25, 0.3) is 0 Å². The minimum Gasteiger partial charge on any atom is -0.480 e. The number of hydrogen-bond acceptors (Lipinski definition) is 4. The number of alkyl halides is 3. The van der Waals surface area contributed by atoms with E-state index in [4.69, 9.17) is 14.6 Å². The van der Waals surface area contributed by atoms with E-state index in [-0.39, 0.29) is 5.56 Å². The summed E-state index contributed by atoms with van der Waals surface area (Å²) < 4.78 is 52.0. The Labute approximate surface area is 156 Å². The zero-order valence-corrected chi connectivity index (χ0v) is 15.9. The van der Waals surface area contributed by atoms with Gasteiger partial charge in [-0.15, -0.1) is 0 Å². The summed E-state index contributed by atoms with van der Waals surface area (Å²) in [6, 6.07) is 5.18. The maximum atomic E-state index is 14.0. The molecule has 1 unspecified atom stereocenters. The van der Waals surface area contributed by atoms with Crippen molar-refractivity contribution in [3.05, 3.63) is 34.3 Å². The predicted octanol–water partition coefficient (Wildman–Crippen LogP) is 3.83.